The molecule has 19 heavy (non-hydrogen) atoms. The molecule has 1 fully saturated rings. The average molecular weight is 266 g/mol. The second-order valence-corrected chi connectivity index (χ2v) is 5.68. The molecule has 0 aliphatic heterocycles. The minimum absolute atomic E-state index is 0.0760. The quantitative estimate of drug-likeness (QED) is 0.550. The second kappa shape index (κ2) is 7.61. The molecule has 0 aromatic rings. The predicted molar refractivity (Wildman–Crippen MR) is 76.7 cm³/mol. The van der Waals surface area contributed by atoms with Gasteiger partial charge < -0.3 is 10.2 Å². The fraction of sp³-hybridized carbons (Fsp3) is 0.688. The van der Waals surface area contributed by atoms with Gasteiger partial charge in [0.25, 0.3) is 0 Å². The van der Waals surface area contributed by atoms with Crippen molar-refractivity contribution in [1.29, 1.82) is 0 Å². The third-order valence-electron chi connectivity index (χ3n) is 3.80. The lowest BCUT2D eigenvalue weighted by Crippen LogP contribution is -2.14. The summed E-state index contributed by atoms with van der Waals surface area (Å²) >= 11 is 0. The van der Waals surface area contributed by atoms with Gasteiger partial charge in [0, 0.05) is 12.3 Å². The Bertz CT molecular complexity index is 346. The van der Waals surface area contributed by atoms with Crippen molar-refractivity contribution in [2.75, 3.05) is 0 Å². The number of hydrogen-bond acceptors (Lipinski definition) is 3. The van der Waals surface area contributed by atoms with Crippen molar-refractivity contribution in [3.8, 4) is 0 Å². The first kappa shape index (κ1) is 16.1. The smallest absolute Gasteiger partial charge is 0.161 e. The monoisotopic (exact) mass is 266 g/mol. The topological polar surface area (TPSA) is 57.5 Å². The van der Waals surface area contributed by atoms with Crippen LogP contribution in [0.2, 0.25) is 0 Å². The number of rotatable bonds is 7. The summed E-state index contributed by atoms with van der Waals surface area (Å²) in [6.45, 7) is 8.00. The lowest BCUT2D eigenvalue weighted by atomic mass is 9.95. The lowest BCUT2D eigenvalue weighted by molar-refractivity contribution is -0.115. The van der Waals surface area contributed by atoms with Crippen molar-refractivity contribution < 1.29 is 15.0 Å². The van der Waals surface area contributed by atoms with E-state index < -0.39 is 12.2 Å². The van der Waals surface area contributed by atoms with Crippen molar-refractivity contribution in [2.24, 2.45) is 11.8 Å². The maximum Gasteiger partial charge on any atom is 0.161 e. The first-order chi connectivity index (χ1) is 8.95. The third kappa shape index (κ3) is 4.92. The molecule has 0 bridgehead atoms. The molecular weight excluding hydrogens is 240 g/mol. The first-order valence-electron chi connectivity index (χ1n) is 7.22. The van der Waals surface area contributed by atoms with Gasteiger partial charge in [-0.15, -0.1) is 0 Å². The SMILES string of the molecule is C=C1C(=O)C[C@@H](O)[C@@H]1/C=C/[C@@H](O)C[C@@H](C)CCCC. The van der Waals surface area contributed by atoms with Gasteiger partial charge in [-0.1, -0.05) is 51.8 Å². The van der Waals surface area contributed by atoms with Crippen LogP contribution in [0.15, 0.2) is 24.3 Å². The van der Waals surface area contributed by atoms with Crippen LogP contribution in [0.1, 0.15) is 46.0 Å². The van der Waals surface area contributed by atoms with Gasteiger partial charge in [-0.25, -0.2) is 0 Å². The molecule has 0 unspecified atom stereocenters. The van der Waals surface area contributed by atoms with Gasteiger partial charge in [0.05, 0.1) is 12.2 Å². The Morgan fingerprint density at radius 1 is 1.53 bits per heavy atom. The van der Waals surface area contributed by atoms with Crippen LogP contribution in [0, 0.1) is 11.8 Å². The standard InChI is InChI=1S/C16H26O3/c1-4-5-6-11(2)9-13(17)7-8-14-12(3)15(18)10-16(14)19/h7-8,11,13-14,16-17,19H,3-6,9-10H2,1-2H3/b8-7+/t11-,13+,14+,16+/m0/s1. The fourth-order valence-electron chi connectivity index (χ4n) is 2.52. The minimum Gasteiger partial charge on any atom is -0.392 e. The molecule has 1 aliphatic rings. The van der Waals surface area contributed by atoms with Gasteiger partial charge in [-0.3, -0.25) is 4.79 Å². The van der Waals surface area contributed by atoms with Crippen molar-refractivity contribution in [1.82, 2.24) is 0 Å². The van der Waals surface area contributed by atoms with E-state index in [1.165, 1.54) is 12.8 Å². The van der Waals surface area contributed by atoms with Crippen LogP contribution in [0.4, 0.5) is 0 Å². The Hall–Kier alpha value is -0.930. The fourth-order valence-corrected chi connectivity index (χ4v) is 2.52. The predicted octanol–water partition coefficient (Wildman–Crippen LogP) is 2.63. The zero-order valence-electron chi connectivity index (χ0n) is 12.0. The highest BCUT2D eigenvalue weighted by atomic mass is 16.3. The van der Waals surface area contributed by atoms with Crippen LogP contribution in [0.25, 0.3) is 0 Å². The van der Waals surface area contributed by atoms with Gasteiger partial charge in [-0.05, 0) is 17.9 Å². The number of hydrogen-bond donors (Lipinski definition) is 2. The van der Waals surface area contributed by atoms with Crippen molar-refractivity contribution >= 4 is 5.78 Å². The number of aliphatic hydroxyl groups is 2. The number of carbonyl (C=O) groups is 1. The van der Waals surface area contributed by atoms with E-state index >= 15 is 0 Å². The Morgan fingerprint density at radius 2 is 2.21 bits per heavy atom. The highest BCUT2D eigenvalue weighted by Crippen LogP contribution is 2.28. The average Bonchev–Trinajstić information content (AvgIpc) is 2.59. The van der Waals surface area contributed by atoms with E-state index in [-0.39, 0.29) is 18.1 Å². The van der Waals surface area contributed by atoms with Gasteiger partial charge >= 0.3 is 0 Å². The number of ketones is 1. The van der Waals surface area contributed by atoms with E-state index in [1.807, 2.05) is 0 Å². The van der Waals surface area contributed by atoms with Crippen LogP contribution in [0.3, 0.4) is 0 Å². The number of carbonyl (C=O) groups excluding carboxylic acids is 1. The minimum atomic E-state index is -0.680. The lowest BCUT2D eigenvalue weighted by Gasteiger charge is -2.14. The summed E-state index contributed by atoms with van der Waals surface area (Å²) in [4.78, 5) is 11.4. The molecule has 0 aromatic heterocycles. The molecule has 108 valence electrons. The maximum atomic E-state index is 11.4. The molecule has 3 nitrogen and oxygen atoms in total. The molecule has 4 atom stereocenters. The summed E-state index contributed by atoms with van der Waals surface area (Å²) in [5.74, 6) is 0.0824. The molecule has 0 spiro atoms. The summed E-state index contributed by atoms with van der Waals surface area (Å²) in [7, 11) is 0. The van der Waals surface area contributed by atoms with Crippen LogP contribution in [0.5, 0.6) is 0 Å². The first-order valence-corrected chi connectivity index (χ1v) is 7.22. The van der Waals surface area contributed by atoms with E-state index in [9.17, 15) is 15.0 Å². The summed E-state index contributed by atoms with van der Waals surface area (Å²) in [6, 6.07) is 0. The highest BCUT2D eigenvalue weighted by molar-refractivity contribution is 5.98. The molecule has 0 radical (unpaired) electrons. The van der Waals surface area contributed by atoms with Crippen LogP contribution < -0.4 is 0 Å². The van der Waals surface area contributed by atoms with Crippen molar-refractivity contribution in [2.45, 2.75) is 58.2 Å². The Morgan fingerprint density at radius 3 is 2.74 bits per heavy atom. The molecule has 0 aromatic carbocycles. The van der Waals surface area contributed by atoms with E-state index in [0.29, 0.717) is 11.5 Å². The van der Waals surface area contributed by atoms with Crippen LogP contribution in [-0.4, -0.2) is 28.2 Å². The normalized spacial score (nSPS) is 27.2. The third-order valence-corrected chi connectivity index (χ3v) is 3.80. The highest BCUT2D eigenvalue weighted by Gasteiger charge is 2.33. The number of Topliss-reactive ketones (excluding diaryl/α,β-unsaturated/α-hetero) is 1. The van der Waals surface area contributed by atoms with Crippen LogP contribution in [-0.2, 0) is 4.79 Å². The molecule has 0 saturated heterocycles. The molecule has 0 heterocycles. The van der Waals surface area contributed by atoms with Crippen molar-refractivity contribution in [3.05, 3.63) is 24.3 Å². The summed E-state index contributed by atoms with van der Waals surface area (Å²) in [5, 5.41) is 19.7. The molecule has 3 heteroatoms. The molecular formula is C16H26O3. The van der Waals surface area contributed by atoms with E-state index in [4.69, 9.17) is 0 Å². The van der Waals surface area contributed by atoms with Crippen molar-refractivity contribution in [3.63, 3.8) is 0 Å². The summed E-state index contributed by atoms with van der Waals surface area (Å²) < 4.78 is 0. The molecule has 1 rings (SSSR count). The van der Waals surface area contributed by atoms with E-state index in [2.05, 4.69) is 20.4 Å². The molecule has 0 amide bonds. The molecule has 1 aliphatic carbocycles. The van der Waals surface area contributed by atoms with Gasteiger partial charge in [-0.2, -0.15) is 0 Å². The van der Waals surface area contributed by atoms with Gasteiger partial charge in [0.1, 0.15) is 0 Å². The largest absolute Gasteiger partial charge is 0.392 e. The molecule has 2 N–H and O–H groups in total. The van der Waals surface area contributed by atoms with E-state index in [0.717, 1.165) is 12.8 Å². The Labute approximate surface area is 116 Å². The van der Waals surface area contributed by atoms with Gasteiger partial charge in [0.2, 0.25) is 0 Å². The van der Waals surface area contributed by atoms with E-state index in [1.54, 1.807) is 12.2 Å². The Kier molecular flexibility index (Phi) is 6.46. The zero-order chi connectivity index (χ0) is 14.4. The summed E-state index contributed by atoms with van der Waals surface area (Å²) in [6.07, 6.45) is 6.59. The molecule has 1 saturated carbocycles. The number of unbranched alkanes of at least 4 members (excludes halogenated alkanes) is 1. The Balaban J connectivity index is 2.43. The maximum absolute atomic E-state index is 11.4. The summed E-state index contributed by atoms with van der Waals surface area (Å²) in [5.41, 5.74) is 0.454. The number of aliphatic hydroxyl groups excluding tert-OH is 2. The zero-order valence-corrected chi connectivity index (χ0v) is 12.0. The van der Waals surface area contributed by atoms with Crippen LogP contribution >= 0.6 is 0 Å². The second-order valence-electron chi connectivity index (χ2n) is 5.68. The van der Waals surface area contributed by atoms with Gasteiger partial charge in [0.15, 0.2) is 5.78 Å².